The summed E-state index contributed by atoms with van der Waals surface area (Å²) in [5, 5.41) is 4.22. The van der Waals surface area contributed by atoms with Gasteiger partial charge >= 0.3 is 5.97 Å². The number of carbonyl (C=O) groups is 1. The van der Waals surface area contributed by atoms with E-state index in [1.165, 1.54) is 6.33 Å². The second-order valence-corrected chi connectivity index (χ2v) is 5.45. The van der Waals surface area contributed by atoms with Gasteiger partial charge in [0.15, 0.2) is 0 Å². The minimum Gasteiger partial charge on any atom is -0.462 e. The molecule has 0 saturated carbocycles. The molecule has 0 saturated heterocycles. The fourth-order valence-corrected chi connectivity index (χ4v) is 2.61. The molecule has 3 rings (SSSR count). The number of fused-ring (bicyclic) bond motifs is 1. The largest absolute Gasteiger partial charge is 0.462 e. The summed E-state index contributed by atoms with van der Waals surface area (Å²) < 4.78 is 7.05. The number of hydrogen-bond acceptors (Lipinski definition) is 6. The van der Waals surface area contributed by atoms with Gasteiger partial charge in [-0.1, -0.05) is 6.07 Å². The van der Waals surface area contributed by atoms with Crippen LogP contribution in [0.3, 0.4) is 0 Å². The first-order valence-corrected chi connectivity index (χ1v) is 7.13. The van der Waals surface area contributed by atoms with E-state index in [0.29, 0.717) is 11.7 Å². The van der Waals surface area contributed by atoms with Gasteiger partial charge in [0.1, 0.15) is 18.3 Å². The lowest BCUT2D eigenvalue weighted by atomic mass is 9.89. The second kappa shape index (κ2) is 5.67. The highest BCUT2D eigenvalue weighted by atomic mass is 16.5. The average molecular weight is 299 g/mol. The topological polar surface area (TPSA) is 82.3 Å². The van der Waals surface area contributed by atoms with Gasteiger partial charge in [-0.15, -0.1) is 0 Å². The molecular weight excluding hydrogens is 282 g/mol. The summed E-state index contributed by atoms with van der Waals surface area (Å²) in [5.41, 5.74) is 1.54. The average Bonchev–Trinajstić information content (AvgIpc) is 2.93. The van der Waals surface area contributed by atoms with E-state index in [4.69, 9.17) is 4.74 Å². The van der Waals surface area contributed by atoms with Gasteiger partial charge in [0.2, 0.25) is 5.95 Å². The summed E-state index contributed by atoms with van der Waals surface area (Å²) in [6, 6.07) is 3.39. The third-order valence-electron chi connectivity index (χ3n) is 3.49. The number of rotatable bonds is 3. The van der Waals surface area contributed by atoms with Crippen LogP contribution in [0.5, 0.6) is 0 Å². The normalized spacial score (nSPS) is 20.5. The molecule has 2 aromatic rings. The van der Waals surface area contributed by atoms with Crippen LogP contribution in [0.1, 0.15) is 32.4 Å². The molecule has 0 bridgehead atoms. The van der Waals surface area contributed by atoms with E-state index in [1.54, 1.807) is 17.1 Å². The fraction of sp³-hybridized carbons (Fsp3) is 0.400. The van der Waals surface area contributed by atoms with Crippen molar-refractivity contribution >= 4 is 17.6 Å². The highest BCUT2D eigenvalue weighted by Crippen LogP contribution is 2.35. The number of nitrogens with zero attached hydrogens (tertiary/aromatic N) is 5. The minimum absolute atomic E-state index is 0.188. The van der Waals surface area contributed by atoms with Crippen molar-refractivity contribution in [3.8, 4) is 0 Å². The van der Waals surface area contributed by atoms with E-state index in [1.807, 2.05) is 32.9 Å². The Morgan fingerprint density at radius 2 is 2.23 bits per heavy atom. The zero-order chi connectivity index (χ0) is 15.7. The smallest absolute Gasteiger partial charge is 0.317 e. The SMILES string of the molecule is CC1=Nc2ncnn2C(c2cccnc2)C1C(=O)OC(C)C. The van der Waals surface area contributed by atoms with E-state index >= 15 is 0 Å². The quantitative estimate of drug-likeness (QED) is 0.809. The summed E-state index contributed by atoms with van der Waals surface area (Å²) in [5.74, 6) is -0.369. The molecule has 1 aliphatic rings. The van der Waals surface area contributed by atoms with Crippen LogP contribution in [0.15, 0.2) is 35.8 Å². The van der Waals surface area contributed by atoms with Crippen molar-refractivity contribution in [3.05, 3.63) is 36.4 Å². The Morgan fingerprint density at radius 1 is 1.41 bits per heavy atom. The van der Waals surface area contributed by atoms with Crippen molar-refractivity contribution in [2.24, 2.45) is 10.9 Å². The van der Waals surface area contributed by atoms with Gasteiger partial charge in [0.05, 0.1) is 6.10 Å². The lowest BCUT2D eigenvalue weighted by Gasteiger charge is -2.30. The Labute approximate surface area is 128 Å². The third kappa shape index (κ3) is 2.49. The maximum Gasteiger partial charge on any atom is 0.317 e. The van der Waals surface area contributed by atoms with E-state index in [9.17, 15) is 4.79 Å². The lowest BCUT2D eigenvalue weighted by molar-refractivity contribution is -0.151. The molecule has 2 atom stereocenters. The van der Waals surface area contributed by atoms with Crippen LogP contribution >= 0.6 is 0 Å². The van der Waals surface area contributed by atoms with Crippen molar-refractivity contribution in [1.82, 2.24) is 19.7 Å². The van der Waals surface area contributed by atoms with E-state index in [0.717, 1.165) is 5.56 Å². The minimum atomic E-state index is -0.541. The second-order valence-electron chi connectivity index (χ2n) is 5.45. The Kier molecular flexibility index (Phi) is 3.70. The van der Waals surface area contributed by atoms with Crippen molar-refractivity contribution in [3.63, 3.8) is 0 Å². The Hall–Kier alpha value is -2.57. The molecule has 0 fully saturated rings. The molecule has 3 heterocycles. The van der Waals surface area contributed by atoms with Crippen LogP contribution in [-0.2, 0) is 9.53 Å². The molecule has 0 spiro atoms. The van der Waals surface area contributed by atoms with Crippen LogP contribution in [-0.4, -0.2) is 37.5 Å². The molecule has 0 radical (unpaired) electrons. The zero-order valence-corrected chi connectivity index (χ0v) is 12.7. The Bertz CT molecular complexity index is 708. The predicted octanol–water partition coefficient (Wildman–Crippen LogP) is 1.94. The number of aliphatic imine (C=N–C) groups is 1. The van der Waals surface area contributed by atoms with Crippen molar-refractivity contribution < 1.29 is 9.53 Å². The Balaban J connectivity index is 2.08. The molecule has 0 N–H and O–H groups in total. The molecule has 0 aromatic carbocycles. The van der Waals surface area contributed by atoms with E-state index in [-0.39, 0.29) is 18.1 Å². The van der Waals surface area contributed by atoms with Crippen LogP contribution in [0.25, 0.3) is 0 Å². The Morgan fingerprint density at radius 3 is 2.91 bits per heavy atom. The van der Waals surface area contributed by atoms with Gasteiger partial charge < -0.3 is 4.74 Å². The number of hydrogen-bond donors (Lipinski definition) is 0. The number of carbonyl (C=O) groups excluding carboxylic acids is 1. The van der Waals surface area contributed by atoms with Crippen LogP contribution < -0.4 is 0 Å². The number of esters is 1. The molecule has 2 unspecified atom stereocenters. The highest BCUT2D eigenvalue weighted by Gasteiger charge is 2.40. The monoisotopic (exact) mass is 299 g/mol. The molecule has 22 heavy (non-hydrogen) atoms. The summed E-state index contributed by atoms with van der Waals surface area (Å²) in [6.07, 6.45) is 4.67. The van der Waals surface area contributed by atoms with E-state index < -0.39 is 5.92 Å². The summed E-state index contributed by atoms with van der Waals surface area (Å²) in [6.45, 7) is 5.47. The van der Waals surface area contributed by atoms with Crippen molar-refractivity contribution in [2.45, 2.75) is 32.9 Å². The van der Waals surface area contributed by atoms with E-state index in [2.05, 4.69) is 20.1 Å². The number of aromatic nitrogens is 4. The van der Waals surface area contributed by atoms with Gasteiger partial charge in [-0.3, -0.25) is 9.78 Å². The summed E-state index contributed by atoms with van der Waals surface area (Å²) in [7, 11) is 0. The molecule has 2 aromatic heterocycles. The molecule has 7 heteroatoms. The molecule has 0 amide bonds. The lowest BCUT2D eigenvalue weighted by Crippen LogP contribution is -2.37. The van der Waals surface area contributed by atoms with Gasteiger partial charge in [0, 0.05) is 18.1 Å². The molecular formula is C15H17N5O2. The van der Waals surface area contributed by atoms with Gasteiger partial charge in [-0.05, 0) is 32.4 Å². The third-order valence-corrected chi connectivity index (χ3v) is 3.49. The maximum absolute atomic E-state index is 12.5. The number of ether oxygens (including phenoxy) is 1. The first-order valence-electron chi connectivity index (χ1n) is 7.13. The molecule has 1 aliphatic heterocycles. The first-order chi connectivity index (χ1) is 10.6. The van der Waals surface area contributed by atoms with Gasteiger partial charge in [-0.25, -0.2) is 9.67 Å². The molecule has 7 nitrogen and oxygen atoms in total. The zero-order valence-electron chi connectivity index (χ0n) is 12.7. The number of pyridine rings is 1. The van der Waals surface area contributed by atoms with Crippen molar-refractivity contribution in [1.29, 1.82) is 0 Å². The standard InChI is InChI=1S/C15H17N5O2/c1-9(2)22-14(21)12-10(3)19-15-17-8-18-20(15)13(12)11-5-4-6-16-7-11/h4-9,12-13H,1-3H3. The van der Waals surface area contributed by atoms with Crippen LogP contribution in [0, 0.1) is 5.92 Å². The van der Waals surface area contributed by atoms with Crippen LogP contribution in [0.4, 0.5) is 5.95 Å². The van der Waals surface area contributed by atoms with Crippen LogP contribution in [0.2, 0.25) is 0 Å². The predicted molar refractivity (Wildman–Crippen MR) is 79.9 cm³/mol. The first kappa shape index (κ1) is 14.4. The van der Waals surface area contributed by atoms with Gasteiger partial charge in [-0.2, -0.15) is 10.1 Å². The highest BCUT2D eigenvalue weighted by molar-refractivity contribution is 6.03. The van der Waals surface area contributed by atoms with Crippen molar-refractivity contribution in [2.75, 3.05) is 0 Å². The summed E-state index contributed by atoms with van der Waals surface area (Å²) in [4.78, 5) is 25.2. The molecule has 0 aliphatic carbocycles. The van der Waals surface area contributed by atoms with Gasteiger partial charge in [0.25, 0.3) is 0 Å². The summed E-state index contributed by atoms with van der Waals surface area (Å²) >= 11 is 0. The maximum atomic E-state index is 12.5. The molecule has 114 valence electrons. The fourth-order valence-electron chi connectivity index (χ4n) is 2.61.